The first-order valence-electron chi connectivity index (χ1n) is 10.4. The van der Waals surface area contributed by atoms with Crippen molar-refractivity contribution < 1.29 is 4.74 Å². The van der Waals surface area contributed by atoms with Crippen molar-refractivity contribution >= 4 is 11.6 Å². The number of hydrogen-bond acceptors (Lipinski definition) is 6. The molecule has 2 aliphatic heterocycles. The minimum atomic E-state index is -0.286. The molecule has 6 rings (SSSR count). The van der Waals surface area contributed by atoms with E-state index in [1.165, 1.54) is 5.56 Å². The summed E-state index contributed by atoms with van der Waals surface area (Å²) in [6.07, 6.45) is 4.35. The number of pyridine rings is 1. The van der Waals surface area contributed by atoms with E-state index in [9.17, 15) is 0 Å². The Bertz CT molecular complexity index is 1280. The average molecular weight is 408 g/mol. The molecule has 0 aliphatic carbocycles. The van der Waals surface area contributed by atoms with Crippen LogP contribution in [0.15, 0.2) is 78.6 Å². The first-order valence-corrected chi connectivity index (χ1v) is 10.4. The van der Waals surface area contributed by atoms with Crippen LogP contribution in [0.4, 0.5) is 5.95 Å². The largest absolute Gasteiger partial charge is 0.480 e. The number of nitrogens with zero attached hydrogens (tertiary/aromatic N) is 5. The topological polar surface area (TPSA) is 77.8 Å². The summed E-state index contributed by atoms with van der Waals surface area (Å²) in [7, 11) is 0. The van der Waals surface area contributed by atoms with Crippen molar-refractivity contribution in [3.8, 4) is 5.75 Å². The molecule has 2 aromatic heterocycles. The Hall–Kier alpha value is -4.00. The number of fused-ring (bicyclic) bond motifs is 3. The van der Waals surface area contributed by atoms with E-state index < -0.39 is 0 Å². The molecular formula is C24H20N6O. The number of ether oxygens (including phenoxy) is 1. The minimum absolute atomic E-state index is 0.237. The molecule has 1 N–H and O–H groups in total. The molecule has 152 valence electrons. The van der Waals surface area contributed by atoms with Crippen LogP contribution in [0.5, 0.6) is 5.75 Å². The second-order valence-electron chi connectivity index (χ2n) is 7.68. The number of rotatable bonds is 3. The first-order chi connectivity index (χ1) is 15.3. The summed E-state index contributed by atoms with van der Waals surface area (Å²) in [4.78, 5) is 4.35. The van der Waals surface area contributed by atoms with E-state index in [1.807, 2.05) is 30.5 Å². The lowest BCUT2D eigenvalue weighted by molar-refractivity contribution is 0.222. The summed E-state index contributed by atoms with van der Waals surface area (Å²) in [5.74, 6) is 1.44. The van der Waals surface area contributed by atoms with Crippen molar-refractivity contribution in [1.82, 2.24) is 25.2 Å². The standard InChI is InChI=1S/C24H20N6O/c1-2-15-9-11-16(12-10-15)23-20-21(18-7-3-4-8-19(18)31-23)26-24-27-28-29-30(24)22(20)17-6-5-13-25-14-17/h3-14,22-23H,2H2,1H3,(H,26,27,29). The number of hydrogen-bond donors (Lipinski definition) is 1. The number of aryl methyl sites for hydroxylation is 1. The predicted molar refractivity (Wildman–Crippen MR) is 116 cm³/mol. The van der Waals surface area contributed by atoms with Gasteiger partial charge in [0.2, 0.25) is 5.95 Å². The Kier molecular flexibility index (Phi) is 4.06. The Morgan fingerprint density at radius 2 is 1.87 bits per heavy atom. The van der Waals surface area contributed by atoms with Crippen LogP contribution in [-0.4, -0.2) is 25.2 Å². The van der Waals surface area contributed by atoms with Crippen LogP contribution in [0.1, 0.15) is 41.3 Å². The molecule has 0 bridgehead atoms. The van der Waals surface area contributed by atoms with Crippen LogP contribution < -0.4 is 10.1 Å². The van der Waals surface area contributed by atoms with Gasteiger partial charge in [-0.3, -0.25) is 4.98 Å². The molecule has 7 nitrogen and oxygen atoms in total. The van der Waals surface area contributed by atoms with Crippen LogP contribution in [0.25, 0.3) is 5.70 Å². The molecule has 2 unspecified atom stereocenters. The van der Waals surface area contributed by atoms with E-state index in [0.29, 0.717) is 5.95 Å². The SMILES string of the molecule is CCc1ccc(C2Oc3ccccc3C3=C2C(c2cccnc2)n2nnnc2N3)cc1. The van der Waals surface area contributed by atoms with Crippen molar-refractivity contribution in [2.45, 2.75) is 25.5 Å². The number of anilines is 1. The van der Waals surface area contributed by atoms with E-state index in [4.69, 9.17) is 4.74 Å². The summed E-state index contributed by atoms with van der Waals surface area (Å²) in [6, 6.07) is 20.5. The monoisotopic (exact) mass is 408 g/mol. The zero-order valence-corrected chi connectivity index (χ0v) is 16.9. The van der Waals surface area contributed by atoms with Gasteiger partial charge in [-0.1, -0.05) is 54.5 Å². The summed E-state index contributed by atoms with van der Waals surface area (Å²) in [5, 5.41) is 15.9. The van der Waals surface area contributed by atoms with Gasteiger partial charge in [-0.25, -0.2) is 0 Å². The van der Waals surface area contributed by atoms with Crippen molar-refractivity contribution in [2.75, 3.05) is 5.32 Å². The molecule has 4 aromatic rings. The Morgan fingerprint density at radius 1 is 1.00 bits per heavy atom. The summed E-state index contributed by atoms with van der Waals surface area (Å²) in [6.45, 7) is 2.16. The highest BCUT2D eigenvalue weighted by Crippen LogP contribution is 2.50. The van der Waals surface area contributed by atoms with Gasteiger partial charge in [0.25, 0.3) is 0 Å². The van der Waals surface area contributed by atoms with Gasteiger partial charge in [0.15, 0.2) is 0 Å². The maximum Gasteiger partial charge on any atom is 0.248 e. The van der Waals surface area contributed by atoms with Gasteiger partial charge in [0.05, 0.1) is 5.70 Å². The molecule has 0 radical (unpaired) electrons. The Balaban J connectivity index is 1.60. The molecule has 2 aromatic carbocycles. The molecule has 0 fully saturated rings. The lowest BCUT2D eigenvalue weighted by atomic mass is 9.85. The highest BCUT2D eigenvalue weighted by Gasteiger charge is 2.41. The molecule has 7 heteroatoms. The first kappa shape index (κ1) is 17.8. The number of aromatic nitrogens is 5. The Morgan fingerprint density at radius 3 is 2.68 bits per heavy atom. The van der Waals surface area contributed by atoms with E-state index in [0.717, 1.165) is 40.1 Å². The molecule has 31 heavy (non-hydrogen) atoms. The van der Waals surface area contributed by atoms with Crippen molar-refractivity contribution in [1.29, 1.82) is 0 Å². The average Bonchev–Trinajstić information content (AvgIpc) is 3.31. The van der Waals surface area contributed by atoms with E-state index in [2.05, 4.69) is 69.1 Å². The maximum atomic E-state index is 6.60. The smallest absolute Gasteiger partial charge is 0.248 e. The third-order valence-corrected chi connectivity index (χ3v) is 5.93. The zero-order valence-electron chi connectivity index (χ0n) is 16.9. The molecule has 0 saturated carbocycles. The fourth-order valence-corrected chi connectivity index (χ4v) is 4.40. The molecule has 2 aliphatic rings. The summed E-state index contributed by atoms with van der Waals surface area (Å²) >= 11 is 0. The molecule has 2 atom stereocenters. The number of nitrogens with one attached hydrogen (secondary N) is 1. The van der Waals surface area contributed by atoms with Crippen LogP contribution in [0.2, 0.25) is 0 Å². The summed E-state index contributed by atoms with van der Waals surface area (Å²) < 4.78 is 8.41. The van der Waals surface area contributed by atoms with Crippen LogP contribution in [0, 0.1) is 0 Å². The van der Waals surface area contributed by atoms with Gasteiger partial charge >= 0.3 is 0 Å². The third kappa shape index (κ3) is 2.81. The second kappa shape index (κ2) is 7.05. The van der Waals surface area contributed by atoms with Gasteiger partial charge in [0, 0.05) is 23.5 Å². The quantitative estimate of drug-likeness (QED) is 0.548. The van der Waals surface area contributed by atoms with Crippen LogP contribution in [-0.2, 0) is 6.42 Å². The number of para-hydroxylation sites is 1. The number of benzene rings is 2. The Labute approximate surface area is 179 Å². The second-order valence-corrected chi connectivity index (χ2v) is 7.68. The lowest BCUT2D eigenvalue weighted by Gasteiger charge is -2.38. The van der Waals surface area contributed by atoms with E-state index in [-0.39, 0.29) is 12.1 Å². The van der Waals surface area contributed by atoms with Gasteiger partial charge in [0.1, 0.15) is 17.9 Å². The molecular weight excluding hydrogens is 388 g/mol. The fraction of sp³-hybridized carbons (Fsp3) is 0.167. The van der Waals surface area contributed by atoms with Crippen molar-refractivity contribution in [3.63, 3.8) is 0 Å². The highest BCUT2D eigenvalue weighted by atomic mass is 16.5. The highest BCUT2D eigenvalue weighted by molar-refractivity contribution is 5.85. The molecule has 0 spiro atoms. The van der Waals surface area contributed by atoms with Gasteiger partial charge < -0.3 is 10.1 Å². The number of tetrazole rings is 1. The van der Waals surface area contributed by atoms with E-state index >= 15 is 0 Å². The summed E-state index contributed by atoms with van der Waals surface area (Å²) in [5.41, 5.74) is 6.44. The lowest BCUT2D eigenvalue weighted by Crippen LogP contribution is -2.32. The third-order valence-electron chi connectivity index (χ3n) is 5.93. The molecule has 0 saturated heterocycles. The van der Waals surface area contributed by atoms with Gasteiger partial charge in [-0.15, -0.1) is 0 Å². The zero-order chi connectivity index (χ0) is 20.8. The normalized spacial score (nSPS) is 19.0. The maximum absolute atomic E-state index is 6.60. The van der Waals surface area contributed by atoms with Crippen molar-refractivity contribution in [2.24, 2.45) is 0 Å². The van der Waals surface area contributed by atoms with Crippen molar-refractivity contribution in [3.05, 3.63) is 101 Å². The van der Waals surface area contributed by atoms with Crippen LogP contribution >= 0.6 is 0 Å². The van der Waals surface area contributed by atoms with Gasteiger partial charge in [-0.05, 0) is 51.7 Å². The van der Waals surface area contributed by atoms with E-state index in [1.54, 1.807) is 10.9 Å². The van der Waals surface area contributed by atoms with Crippen LogP contribution in [0.3, 0.4) is 0 Å². The van der Waals surface area contributed by atoms with Gasteiger partial charge in [-0.2, -0.15) is 4.68 Å². The predicted octanol–water partition coefficient (Wildman–Crippen LogP) is 4.19. The molecule has 0 amide bonds. The molecule has 4 heterocycles. The minimum Gasteiger partial charge on any atom is -0.480 e. The fourth-order valence-electron chi connectivity index (χ4n) is 4.40.